The fourth-order valence-corrected chi connectivity index (χ4v) is 10.0. The van der Waals surface area contributed by atoms with Crippen molar-refractivity contribution in [2.45, 2.75) is 55.4 Å². The lowest BCUT2D eigenvalue weighted by molar-refractivity contribution is 1.34. The Hall–Kier alpha value is -5.66. The topological polar surface area (TPSA) is 0 Å². The first-order valence-electron chi connectivity index (χ1n) is 19.3. The number of aryl methyl sites for hydroxylation is 6. The lowest BCUT2D eigenvalue weighted by Gasteiger charge is -2.26. The molecule has 0 atom stereocenters. The van der Waals surface area contributed by atoms with Gasteiger partial charge in [-0.05, 0) is 117 Å². The molecular formula is C52H45B. The molecule has 10 rings (SSSR count). The van der Waals surface area contributed by atoms with Crippen molar-refractivity contribution in [2.24, 2.45) is 0 Å². The van der Waals surface area contributed by atoms with Crippen LogP contribution in [-0.2, 0) is 0 Å². The van der Waals surface area contributed by atoms with Crippen molar-refractivity contribution in [2.75, 3.05) is 0 Å². The molecule has 0 aliphatic heterocycles. The Morgan fingerprint density at radius 1 is 0.340 bits per heavy atom. The van der Waals surface area contributed by atoms with E-state index in [0.717, 1.165) is 0 Å². The quantitative estimate of drug-likeness (QED) is 0.128. The first-order valence-corrected chi connectivity index (χ1v) is 19.3. The van der Waals surface area contributed by atoms with E-state index in [0.29, 0.717) is 0 Å². The first-order chi connectivity index (χ1) is 25.8. The van der Waals surface area contributed by atoms with Crippen molar-refractivity contribution < 1.29 is 0 Å². The molecule has 0 N–H and O–H groups in total. The summed E-state index contributed by atoms with van der Waals surface area (Å²) in [5.74, 6) is 0. The van der Waals surface area contributed by atoms with Crippen LogP contribution in [-0.4, -0.2) is 6.71 Å². The summed E-state index contributed by atoms with van der Waals surface area (Å²) in [6.45, 7) is 17.8. The molecule has 0 radical (unpaired) electrons. The maximum Gasteiger partial charge on any atom is 0.243 e. The van der Waals surface area contributed by atoms with Gasteiger partial charge in [0.05, 0.1) is 0 Å². The van der Waals surface area contributed by atoms with E-state index in [2.05, 4.69) is 169 Å². The lowest BCUT2D eigenvalue weighted by Crippen LogP contribution is -2.56. The molecule has 0 heterocycles. The predicted molar refractivity (Wildman–Crippen MR) is 237 cm³/mol. The molecule has 10 aromatic rings. The summed E-state index contributed by atoms with van der Waals surface area (Å²) in [6.07, 6.45) is 0. The van der Waals surface area contributed by atoms with Gasteiger partial charge in [-0.25, -0.2) is 0 Å². The Bertz CT molecular complexity index is 2910. The van der Waals surface area contributed by atoms with Crippen LogP contribution in [0, 0.1) is 41.5 Å². The summed E-state index contributed by atoms with van der Waals surface area (Å²) in [7, 11) is 0. The molecule has 0 unspecified atom stereocenters. The highest BCUT2D eigenvalue weighted by Gasteiger charge is 2.30. The Balaban J connectivity index is 0.00000183. The second-order valence-corrected chi connectivity index (χ2v) is 15.2. The highest BCUT2D eigenvalue weighted by Crippen LogP contribution is 2.44. The normalized spacial score (nSPS) is 11.8. The molecule has 53 heavy (non-hydrogen) atoms. The van der Waals surface area contributed by atoms with Gasteiger partial charge in [0.25, 0.3) is 0 Å². The van der Waals surface area contributed by atoms with Gasteiger partial charge in [-0.3, -0.25) is 0 Å². The predicted octanol–water partition coefficient (Wildman–Crippen LogP) is 12.5. The maximum absolute atomic E-state index is 2.42. The van der Waals surface area contributed by atoms with Crippen molar-refractivity contribution in [3.63, 3.8) is 0 Å². The SMILES string of the molecule is CC.Cc1cc(C)c(B(c2c(C)cc(C)cc2C)c2ccc3ccc4c(-c5ccc6ccc7cccc8ccc5c6c78)ccc5ccc2c3c54)c(C)c1. The van der Waals surface area contributed by atoms with Crippen LogP contribution in [0.1, 0.15) is 47.2 Å². The van der Waals surface area contributed by atoms with Crippen LogP contribution < -0.4 is 16.4 Å². The molecule has 0 fully saturated rings. The van der Waals surface area contributed by atoms with Gasteiger partial charge >= 0.3 is 0 Å². The van der Waals surface area contributed by atoms with Crippen molar-refractivity contribution in [1.29, 1.82) is 0 Å². The molecule has 256 valence electrons. The van der Waals surface area contributed by atoms with E-state index in [1.165, 1.54) is 126 Å². The van der Waals surface area contributed by atoms with Crippen molar-refractivity contribution in [1.82, 2.24) is 0 Å². The Kier molecular flexibility index (Phi) is 7.82. The monoisotopic (exact) mass is 680 g/mol. The van der Waals surface area contributed by atoms with E-state index in [1.54, 1.807) is 0 Å². The van der Waals surface area contributed by atoms with Crippen LogP contribution in [0.5, 0.6) is 0 Å². The van der Waals surface area contributed by atoms with Gasteiger partial charge in [0.2, 0.25) is 6.71 Å². The second-order valence-electron chi connectivity index (χ2n) is 15.2. The number of rotatable bonds is 4. The molecule has 0 spiro atoms. The van der Waals surface area contributed by atoms with E-state index in [9.17, 15) is 0 Å². The molecule has 10 aromatic carbocycles. The van der Waals surface area contributed by atoms with Crippen molar-refractivity contribution in [3.8, 4) is 11.1 Å². The number of hydrogen-bond acceptors (Lipinski definition) is 0. The number of benzene rings is 10. The van der Waals surface area contributed by atoms with Crippen molar-refractivity contribution in [3.05, 3.63) is 161 Å². The van der Waals surface area contributed by atoms with Crippen LogP contribution in [0.3, 0.4) is 0 Å². The minimum absolute atomic E-state index is 0.118. The molecule has 1 heteroatoms. The van der Waals surface area contributed by atoms with Gasteiger partial charge in [0.15, 0.2) is 0 Å². The van der Waals surface area contributed by atoms with E-state index in [4.69, 9.17) is 0 Å². The molecule has 0 nitrogen and oxygen atoms in total. The highest BCUT2D eigenvalue weighted by atomic mass is 14.2. The maximum atomic E-state index is 2.42. The molecule has 0 aromatic heterocycles. The molecular weight excluding hydrogens is 635 g/mol. The summed E-state index contributed by atoms with van der Waals surface area (Å²) in [5.41, 5.74) is 14.9. The molecule has 0 aliphatic carbocycles. The van der Waals surface area contributed by atoms with Crippen LogP contribution in [0.4, 0.5) is 0 Å². The van der Waals surface area contributed by atoms with Crippen LogP contribution >= 0.6 is 0 Å². The lowest BCUT2D eigenvalue weighted by atomic mass is 9.33. The summed E-state index contributed by atoms with van der Waals surface area (Å²) in [6, 6.07) is 49.0. The zero-order valence-electron chi connectivity index (χ0n) is 32.2. The minimum atomic E-state index is 0.118. The zero-order valence-corrected chi connectivity index (χ0v) is 32.2. The molecule has 0 amide bonds. The fourth-order valence-electron chi connectivity index (χ4n) is 10.0. The largest absolute Gasteiger partial charge is 0.243 e. The third-order valence-corrected chi connectivity index (χ3v) is 11.9. The third kappa shape index (κ3) is 4.98. The summed E-state index contributed by atoms with van der Waals surface area (Å²) in [5, 5.41) is 16.0. The zero-order chi connectivity index (χ0) is 36.7. The van der Waals surface area contributed by atoms with E-state index in [-0.39, 0.29) is 6.71 Å². The highest BCUT2D eigenvalue weighted by molar-refractivity contribution is 6.98. The van der Waals surface area contributed by atoms with Gasteiger partial charge < -0.3 is 0 Å². The smallest absolute Gasteiger partial charge is 0.0683 e. The first kappa shape index (κ1) is 33.2. The van der Waals surface area contributed by atoms with Gasteiger partial charge in [-0.1, -0.05) is 191 Å². The molecule has 0 aliphatic rings. The Labute approximate surface area is 313 Å². The van der Waals surface area contributed by atoms with Crippen LogP contribution in [0.2, 0.25) is 0 Å². The Morgan fingerprint density at radius 2 is 0.679 bits per heavy atom. The molecule has 0 bridgehead atoms. The standard InChI is InChI=1S/C50H39B.C2H6/c1-28-24-30(3)49(31(4)25-28)51(50-32(5)26-29(2)27-33(50)6)44-23-17-38-15-21-42-40(19-13-37-16-22-43(44)48(38)47(37)42)39-18-12-36-11-10-34-8-7-9-35-14-20-41(39)46(36)45(34)35;1-2/h7-27H,1-6H3;1-2H3. The van der Waals surface area contributed by atoms with Crippen LogP contribution in [0.25, 0.3) is 75.8 Å². The Morgan fingerprint density at radius 3 is 1.15 bits per heavy atom. The third-order valence-electron chi connectivity index (χ3n) is 11.9. The average Bonchev–Trinajstić information content (AvgIpc) is 3.15. The fraction of sp³-hybridized carbons (Fsp3) is 0.154. The van der Waals surface area contributed by atoms with Gasteiger partial charge in [-0.2, -0.15) is 0 Å². The van der Waals surface area contributed by atoms with E-state index < -0.39 is 0 Å². The summed E-state index contributed by atoms with van der Waals surface area (Å²) < 4.78 is 0. The molecule has 0 saturated heterocycles. The van der Waals surface area contributed by atoms with Gasteiger partial charge in [0, 0.05) is 0 Å². The number of hydrogen-bond donors (Lipinski definition) is 0. The summed E-state index contributed by atoms with van der Waals surface area (Å²) in [4.78, 5) is 0. The van der Waals surface area contributed by atoms with Crippen LogP contribution in [0.15, 0.2) is 127 Å². The van der Waals surface area contributed by atoms with E-state index in [1.807, 2.05) is 13.8 Å². The van der Waals surface area contributed by atoms with Crippen molar-refractivity contribution >= 4 is 87.7 Å². The second kappa shape index (κ2) is 12.5. The van der Waals surface area contributed by atoms with Gasteiger partial charge in [-0.15, -0.1) is 0 Å². The minimum Gasteiger partial charge on any atom is -0.0683 e. The average molecular weight is 681 g/mol. The molecule has 0 saturated carbocycles. The van der Waals surface area contributed by atoms with E-state index >= 15 is 0 Å². The van der Waals surface area contributed by atoms with Gasteiger partial charge in [0.1, 0.15) is 0 Å². The summed E-state index contributed by atoms with van der Waals surface area (Å²) >= 11 is 0.